The van der Waals surface area contributed by atoms with Crippen LogP contribution in [0.1, 0.15) is 69.7 Å². The fourth-order valence-corrected chi connectivity index (χ4v) is 5.42. The third-order valence-electron chi connectivity index (χ3n) is 7.88. The van der Waals surface area contributed by atoms with Crippen molar-refractivity contribution in [3.63, 3.8) is 0 Å². The molecule has 9 heteroatoms. The fraction of sp³-hybridized carbons (Fsp3) is 0.567. The molecule has 4 nitrogen and oxygen atoms in total. The van der Waals surface area contributed by atoms with Gasteiger partial charge in [-0.05, 0) is 66.3 Å². The van der Waals surface area contributed by atoms with Crippen LogP contribution >= 0.6 is 23.2 Å². The molecule has 2 aromatic carbocycles. The summed E-state index contributed by atoms with van der Waals surface area (Å²) in [7, 11) is 0. The van der Waals surface area contributed by atoms with Gasteiger partial charge in [0.1, 0.15) is 0 Å². The van der Waals surface area contributed by atoms with Crippen molar-refractivity contribution < 1.29 is 18.0 Å². The number of benzene rings is 2. The van der Waals surface area contributed by atoms with Crippen LogP contribution in [0.3, 0.4) is 0 Å². The van der Waals surface area contributed by atoms with E-state index in [1.54, 1.807) is 18.2 Å². The van der Waals surface area contributed by atoms with Crippen LogP contribution in [-0.2, 0) is 17.4 Å². The molecule has 1 fully saturated rings. The minimum absolute atomic E-state index is 0.0426. The normalized spacial score (nSPS) is 16.7. The van der Waals surface area contributed by atoms with Gasteiger partial charge >= 0.3 is 6.18 Å². The lowest BCUT2D eigenvalue weighted by Gasteiger charge is -2.39. The first-order valence-corrected chi connectivity index (χ1v) is 14.6. The Morgan fingerprint density at radius 1 is 1.00 bits per heavy atom. The number of amides is 1. The van der Waals surface area contributed by atoms with E-state index in [0.717, 1.165) is 30.6 Å². The summed E-state index contributed by atoms with van der Waals surface area (Å²) in [6.07, 6.45) is -1.72. The molecule has 0 radical (unpaired) electrons. The molecule has 1 heterocycles. The third kappa shape index (κ3) is 8.51. The lowest BCUT2D eigenvalue weighted by atomic mass is 9.89. The molecular weight excluding hydrogens is 546 g/mol. The van der Waals surface area contributed by atoms with Crippen LogP contribution in [0.4, 0.5) is 18.9 Å². The standard InChI is InChI=1S/C30H40Cl2F3N3O/c1-5-20(3)19-36-29(21(4)6-2)25-17-23(30(33,34)35)9-11-27(25)37-13-15-38(16-14-37)28(39)12-8-22-7-10-24(31)18-26(22)32/h7,9-11,17-18,20-21,29,36H,5-6,8,12-16,19H2,1-4H3/t20?,21?,29-/m0/s1. The molecule has 1 aliphatic rings. The van der Waals surface area contributed by atoms with E-state index in [1.807, 2.05) is 11.0 Å². The van der Waals surface area contributed by atoms with Gasteiger partial charge in [0.05, 0.1) is 5.56 Å². The zero-order valence-electron chi connectivity index (χ0n) is 23.3. The van der Waals surface area contributed by atoms with Crippen LogP contribution < -0.4 is 10.2 Å². The monoisotopic (exact) mass is 585 g/mol. The summed E-state index contributed by atoms with van der Waals surface area (Å²) in [4.78, 5) is 16.9. The Hall–Kier alpha value is -1.96. The second-order valence-electron chi connectivity index (χ2n) is 10.7. The summed E-state index contributed by atoms with van der Waals surface area (Å²) in [5.41, 5.74) is 1.74. The number of nitrogens with one attached hydrogen (secondary N) is 1. The van der Waals surface area contributed by atoms with Gasteiger partial charge in [0.2, 0.25) is 5.91 Å². The number of aryl methyl sites for hydroxylation is 1. The number of halogens is 5. The number of hydrogen-bond donors (Lipinski definition) is 1. The molecule has 1 saturated heterocycles. The van der Waals surface area contributed by atoms with Crippen molar-refractivity contribution in [3.05, 3.63) is 63.1 Å². The van der Waals surface area contributed by atoms with Gasteiger partial charge in [-0.1, -0.05) is 69.8 Å². The number of nitrogens with zero attached hydrogens (tertiary/aromatic N) is 2. The number of hydrogen-bond acceptors (Lipinski definition) is 3. The average Bonchev–Trinajstić information content (AvgIpc) is 2.91. The first-order valence-electron chi connectivity index (χ1n) is 13.9. The van der Waals surface area contributed by atoms with E-state index < -0.39 is 11.7 Å². The topological polar surface area (TPSA) is 35.6 Å². The number of carbonyl (C=O) groups excluding carboxylic acids is 1. The largest absolute Gasteiger partial charge is 0.416 e. The maximum Gasteiger partial charge on any atom is 0.416 e. The highest BCUT2D eigenvalue weighted by atomic mass is 35.5. The van der Waals surface area contributed by atoms with Gasteiger partial charge in [0.25, 0.3) is 0 Å². The van der Waals surface area contributed by atoms with E-state index in [2.05, 4.69) is 37.9 Å². The molecule has 0 saturated carbocycles. The summed E-state index contributed by atoms with van der Waals surface area (Å²) < 4.78 is 41.2. The molecule has 3 rings (SSSR count). The van der Waals surface area contributed by atoms with Crippen molar-refractivity contribution in [2.45, 2.75) is 65.6 Å². The van der Waals surface area contributed by atoms with Gasteiger partial charge in [-0.25, -0.2) is 0 Å². The molecule has 0 aliphatic carbocycles. The summed E-state index contributed by atoms with van der Waals surface area (Å²) in [6.45, 7) is 11.3. The second kappa shape index (κ2) is 14.1. The first kappa shape index (κ1) is 31.6. The van der Waals surface area contributed by atoms with Crippen LogP contribution in [-0.4, -0.2) is 43.5 Å². The highest BCUT2D eigenvalue weighted by Gasteiger charge is 2.34. The quantitative estimate of drug-likeness (QED) is 0.290. The van der Waals surface area contributed by atoms with Crippen molar-refractivity contribution >= 4 is 34.8 Å². The van der Waals surface area contributed by atoms with Crippen LogP contribution in [0, 0.1) is 11.8 Å². The van der Waals surface area contributed by atoms with E-state index in [4.69, 9.17) is 23.2 Å². The highest BCUT2D eigenvalue weighted by Crippen LogP contribution is 2.38. The van der Waals surface area contributed by atoms with Crippen LogP contribution in [0.15, 0.2) is 36.4 Å². The summed E-state index contributed by atoms with van der Waals surface area (Å²) in [5.74, 6) is 0.614. The van der Waals surface area contributed by atoms with Crippen LogP contribution in [0.2, 0.25) is 10.0 Å². The van der Waals surface area contributed by atoms with E-state index >= 15 is 0 Å². The molecule has 1 aliphatic heterocycles. The van der Waals surface area contributed by atoms with Crippen LogP contribution in [0.5, 0.6) is 0 Å². The van der Waals surface area contributed by atoms with Gasteiger partial charge in [-0.2, -0.15) is 13.2 Å². The molecule has 0 aromatic heterocycles. The number of piperazine rings is 1. The molecule has 0 bridgehead atoms. The van der Waals surface area contributed by atoms with Gasteiger partial charge in [-0.3, -0.25) is 4.79 Å². The molecule has 216 valence electrons. The summed E-state index contributed by atoms with van der Waals surface area (Å²) in [5, 5.41) is 4.69. The third-order valence-corrected chi connectivity index (χ3v) is 8.47. The van der Waals surface area contributed by atoms with Crippen molar-refractivity contribution in [2.75, 3.05) is 37.6 Å². The van der Waals surface area contributed by atoms with Gasteiger partial charge in [-0.15, -0.1) is 0 Å². The molecule has 3 atom stereocenters. The van der Waals surface area contributed by atoms with Crippen molar-refractivity contribution in [2.24, 2.45) is 11.8 Å². The fourth-order valence-electron chi connectivity index (χ4n) is 4.91. The molecular formula is C30H40Cl2F3N3O. The van der Waals surface area contributed by atoms with Crippen LogP contribution in [0.25, 0.3) is 0 Å². The smallest absolute Gasteiger partial charge is 0.368 e. The SMILES string of the molecule is CCC(C)CN[C@H](c1cc(C(F)(F)F)ccc1N1CCN(C(=O)CCc2ccc(Cl)cc2Cl)CC1)C(C)CC. The summed E-state index contributed by atoms with van der Waals surface area (Å²) >= 11 is 12.2. The molecule has 2 aromatic rings. The zero-order valence-corrected chi connectivity index (χ0v) is 24.8. The molecule has 1 amide bonds. The van der Waals surface area contributed by atoms with Crippen molar-refractivity contribution in [1.82, 2.24) is 10.2 Å². The summed E-state index contributed by atoms with van der Waals surface area (Å²) in [6, 6.07) is 9.18. The van der Waals surface area contributed by atoms with Crippen molar-refractivity contribution in [1.29, 1.82) is 0 Å². The van der Waals surface area contributed by atoms with E-state index in [1.165, 1.54) is 12.1 Å². The lowest BCUT2D eigenvalue weighted by molar-refractivity contribution is -0.137. The van der Waals surface area contributed by atoms with Gasteiger partial charge < -0.3 is 15.1 Å². The number of anilines is 1. The zero-order chi connectivity index (χ0) is 28.7. The number of carbonyl (C=O) groups is 1. The maximum atomic E-state index is 13.7. The predicted octanol–water partition coefficient (Wildman–Crippen LogP) is 8.02. The average molecular weight is 587 g/mol. The Bertz CT molecular complexity index is 1100. The van der Waals surface area contributed by atoms with E-state index in [0.29, 0.717) is 60.5 Å². The molecule has 1 N–H and O–H groups in total. The van der Waals surface area contributed by atoms with Gasteiger partial charge in [0.15, 0.2) is 0 Å². The number of alkyl halides is 3. The lowest BCUT2D eigenvalue weighted by Crippen LogP contribution is -2.49. The van der Waals surface area contributed by atoms with Gasteiger partial charge in [0, 0.05) is 54.4 Å². The predicted molar refractivity (Wildman–Crippen MR) is 155 cm³/mol. The Morgan fingerprint density at radius 3 is 2.28 bits per heavy atom. The minimum Gasteiger partial charge on any atom is -0.368 e. The number of rotatable bonds is 11. The van der Waals surface area contributed by atoms with E-state index in [-0.39, 0.29) is 17.9 Å². The Morgan fingerprint density at radius 2 is 1.69 bits per heavy atom. The Labute approximate surface area is 240 Å². The Balaban J connectivity index is 1.76. The second-order valence-corrected chi connectivity index (χ2v) is 11.5. The molecule has 2 unspecified atom stereocenters. The first-order chi connectivity index (χ1) is 18.4. The van der Waals surface area contributed by atoms with Crippen molar-refractivity contribution in [3.8, 4) is 0 Å². The molecule has 39 heavy (non-hydrogen) atoms. The maximum absolute atomic E-state index is 13.7. The highest BCUT2D eigenvalue weighted by molar-refractivity contribution is 6.35. The molecule has 0 spiro atoms. The minimum atomic E-state index is -4.41. The van der Waals surface area contributed by atoms with E-state index in [9.17, 15) is 18.0 Å². The Kier molecular flexibility index (Phi) is 11.4.